The van der Waals surface area contributed by atoms with E-state index in [-0.39, 0.29) is 6.10 Å². The zero-order valence-electron chi connectivity index (χ0n) is 10.9. The van der Waals surface area contributed by atoms with Gasteiger partial charge in [0, 0.05) is 12.7 Å². The van der Waals surface area contributed by atoms with Crippen molar-refractivity contribution >= 4 is 5.82 Å². The first-order valence-electron chi connectivity index (χ1n) is 5.93. The van der Waals surface area contributed by atoms with Crippen LogP contribution < -0.4 is 5.32 Å². The van der Waals surface area contributed by atoms with E-state index >= 15 is 0 Å². The SMILES string of the molecule is Cc1ccnc(NCC2COC(C)(C)O2)c1C#N. The smallest absolute Gasteiger partial charge is 0.163 e. The van der Waals surface area contributed by atoms with Crippen molar-refractivity contribution in [2.24, 2.45) is 0 Å². The highest BCUT2D eigenvalue weighted by Gasteiger charge is 2.32. The van der Waals surface area contributed by atoms with Gasteiger partial charge in [0.1, 0.15) is 18.0 Å². The third kappa shape index (κ3) is 2.78. The normalized spacial score (nSPS) is 21.6. The Balaban J connectivity index is 2.00. The molecular weight excluding hydrogens is 230 g/mol. The van der Waals surface area contributed by atoms with E-state index in [9.17, 15) is 0 Å². The van der Waals surface area contributed by atoms with Crippen molar-refractivity contribution in [3.63, 3.8) is 0 Å². The van der Waals surface area contributed by atoms with Crippen molar-refractivity contribution in [1.29, 1.82) is 5.26 Å². The van der Waals surface area contributed by atoms with Crippen molar-refractivity contribution in [2.75, 3.05) is 18.5 Å². The van der Waals surface area contributed by atoms with Gasteiger partial charge >= 0.3 is 0 Å². The number of nitrogens with one attached hydrogen (secondary N) is 1. The Morgan fingerprint density at radius 3 is 3.00 bits per heavy atom. The summed E-state index contributed by atoms with van der Waals surface area (Å²) in [5.74, 6) is 0.0792. The molecule has 0 spiro atoms. The standard InChI is InChI=1S/C13H17N3O2/c1-9-4-5-15-12(11(9)6-14)16-7-10-8-17-13(2,3)18-10/h4-5,10H,7-8H2,1-3H3,(H,15,16). The molecule has 1 fully saturated rings. The maximum Gasteiger partial charge on any atom is 0.163 e. The minimum atomic E-state index is -0.523. The summed E-state index contributed by atoms with van der Waals surface area (Å²) in [4.78, 5) is 4.18. The molecule has 1 aromatic rings. The third-order valence-electron chi connectivity index (χ3n) is 2.84. The highest BCUT2D eigenvalue weighted by molar-refractivity contribution is 5.55. The number of hydrogen-bond acceptors (Lipinski definition) is 5. The quantitative estimate of drug-likeness (QED) is 0.882. The van der Waals surface area contributed by atoms with E-state index in [4.69, 9.17) is 14.7 Å². The van der Waals surface area contributed by atoms with Crippen LogP contribution in [0.4, 0.5) is 5.82 Å². The molecule has 2 rings (SSSR count). The largest absolute Gasteiger partial charge is 0.366 e. The van der Waals surface area contributed by atoms with E-state index in [1.165, 1.54) is 0 Å². The monoisotopic (exact) mass is 247 g/mol. The molecule has 0 radical (unpaired) electrons. The summed E-state index contributed by atoms with van der Waals surface area (Å²) in [7, 11) is 0. The first-order chi connectivity index (χ1) is 8.52. The van der Waals surface area contributed by atoms with Crippen molar-refractivity contribution in [1.82, 2.24) is 4.98 Å². The molecule has 1 N–H and O–H groups in total. The van der Waals surface area contributed by atoms with E-state index in [0.717, 1.165) is 5.56 Å². The second-order valence-electron chi connectivity index (χ2n) is 4.79. The Hall–Kier alpha value is -1.64. The molecule has 0 amide bonds. The summed E-state index contributed by atoms with van der Waals surface area (Å²) in [5.41, 5.74) is 1.49. The zero-order valence-corrected chi connectivity index (χ0v) is 10.9. The number of nitrogens with zero attached hydrogens (tertiary/aromatic N) is 2. The van der Waals surface area contributed by atoms with Crippen LogP contribution in [0, 0.1) is 18.3 Å². The van der Waals surface area contributed by atoms with Crippen molar-refractivity contribution in [2.45, 2.75) is 32.7 Å². The summed E-state index contributed by atoms with van der Waals surface area (Å²) in [5, 5.41) is 12.2. The van der Waals surface area contributed by atoms with Gasteiger partial charge in [-0.3, -0.25) is 0 Å². The van der Waals surface area contributed by atoms with Gasteiger partial charge in [0.2, 0.25) is 0 Å². The van der Waals surface area contributed by atoms with Gasteiger partial charge in [-0.1, -0.05) is 0 Å². The molecule has 0 bridgehead atoms. The Morgan fingerprint density at radius 2 is 2.39 bits per heavy atom. The zero-order chi connectivity index (χ0) is 13.2. The van der Waals surface area contributed by atoms with Gasteiger partial charge in [0.15, 0.2) is 5.79 Å². The Morgan fingerprint density at radius 1 is 1.61 bits per heavy atom. The van der Waals surface area contributed by atoms with E-state index in [2.05, 4.69) is 16.4 Å². The Labute approximate surface area is 107 Å². The summed E-state index contributed by atoms with van der Waals surface area (Å²) in [6.07, 6.45) is 1.67. The number of rotatable bonds is 3. The molecule has 0 aliphatic carbocycles. The summed E-state index contributed by atoms with van der Waals surface area (Å²) >= 11 is 0. The number of pyridine rings is 1. The van der Waals surface area contributed by atoms with Gasteiger partial charge in [-0.2, -0.15) is 5.26 Å². The Kier molecular flexibility index (Phi) is 3.50. The molecular formula is C13H17N3O2. The van der Waals surface area contributed by atoms with Gasteiger partial charge < -0.3 is 14.8 Å². The van der Waals surface area contributed by atoms with Gasteiger partial charge in [-0.25, -0.2) is 4.98 Å². The van der Waals surface area contributed by atoms with E-state index in [1.54, 1.807) is 6.20 Å². The van der Waals surface area contributed by atoms with Crippen LogP contribution in [0.1, 0.15) is 25.0 Å². The molecule has 96 valence electrons. The topological polar surface area (TPSA) is 67.2 Å². The lowest BCUT2D eigenvalue weighted by Gasteiger charge is -2.17. The molecule has 1 aromatic heterocycles. The molecule has 1 aliphatic rings. The predicted molar refractivity (Wildman–Crippen MR) is 67.1 cm³/mol. The van der Waals surface area contributed by atoms with Gasteiger partial charge in [0.05, 0.1) is 12.2 Å². The van der Waals surface area contributed by atoms with Crippen LogP contribution in [0.3, 0.4) is 0 Å². The molecule has 0 aromatic carbocycles. The maximum absolute atomic E-state index is 9.09. The molecule has 5 nitrogen and oxygen atoms in total. The second-order valence-corrected chi connectivity index (χ2v) is 4.79. The van der Waals surface area contributed by atoms with Crippen molar-refractivity contribution in [3.8, 4) is 6.07 Å². The molecule has 1 saturated heterocycles. The number of ether oxygens (including phenoxy) is 2. The van der Waals surface area contributed by atoms with Crippen LogP contribution in [-0.4, -0.2) is 30.0 Å². The summed E-state index contributed by atoms with van der Waals surface area (Å²) in [6, 6.07) is 3.98. The van der Waals surface area contributed by atoms with Crippen LogP contribution in [0.25, 0.3) is 0 Å². The molecule has 1 aliphatic heterocycles. The summed E-state index contributed by atoms with van der Waals surface area (Å²) < 4.78 is 11.2. The first kappa shape index (κ1) is 12.8. The fourth-order valence-electron chi connectivity index (χ4n) is 1.91. The molecule has 18 heavy (non-hydrogen) atoms. The van der Waals surface area contributed by atoms with E-state index in [1.807, 2.05) is 26.8 Å². The minimum Gasteiger partial charge on any atom is -0.366 e. The highest BCUT2D eigenvalue weighted by Crippen LogP contribution is 2.23. The lowest BCUT2D eigenvalue weighted by Crippen LogP contribution is -2.26. The molecule has 0 saturated carbocycles. The van der Waals surface area contributed by atoms with Gasteiger partial charge in [-0.05, 0) is 32.4 Å². The van der Waals surface area contributed by atoms with Crippen LogP contribution in [-0.2, 0) is 9.47 Å². The van der Waals surface area contributed by atoms with Crippen molar-refractivity contribution < 1.29 is 9.47 Å². The Bertz CT molecular complexity index is 480. The van der Waals surface area contributed by atoms with Gasteiger partial charge in [-0.15, -0.1) is 0 Å². The fraction of sp³-hybridized carbons (Fsp3) is 0.538. The molecule has 1 atom stereocenters. The molecule has 2 heterocycles. The number of anilines is 1. The van der Waals surface area contributed by atoms with Crippen molar-refractivity contribution in [3.05, 3.63) is 23.4 Å². The average Bonchev–Trinajstić information content (AvgIpc) is 2.66. The van der Waals surface area contributed by atoms with E-state index < -0.39 is 5.79 Å². The molecule has 5 heteroatoms. The van der Waals surface area contributed by atoms with Gasteiger partial charge in [0.25, 0.3) is 0 Å². The molecule has 1 unspecified atom stereocenters. The fourth-order valence-corrected chi connectivity index (χ4v) is 1.91. The average molecular weight is 247 g/mol. The van der Waals surface area contributed by atoms with Crippen LogP contribution in [0.15, 0.2) is 12.3 Å². The third-order valence-corrected chi connectivity index (χ3v) is 2.84. The highest BCUT2D eigenvalue weighted by atomic mass is 16.7. The number of hydrogen-bond donors (Lipinski definition) is 1. The van der Waals surface area contributed by atoms with E-state index in [0.29, 0.717) is 24.5 Å². The summed E-state index contributed by atoms with van der Waals surface area (Å²) in [6.45, 7) is 6.79. The second kappa shape index (κ2) is 4.92. The minimum absolute atomic E-state index is 0.0196. The number of nitriles is 1. The van der Waals surface area contributed by atoms with Crippen LogP contribution in [0.5, 0.6) is 0 Å². The predicted octanol–water partition coefficient (Wildman–Crippen LogP) is 1.83. The maximum atomic E-state index is 9.09. The van der Waals surface area contributed by atoms with Crippen LogP contribution in [0.2, 0.25) is 0 Å². The number of aromatic nitrogens is 1. The van der Waals surface area contributed by atoms with Crippen LogP contribution >= 0.6 is 0 Å². The lowest BCUT2D eigenvalue weighted by atomic mass is 10.1. The number of aryl methyl sites for hydroxylation is 1. The first-order valence-corrected chi connectivity index (χ1v) is 5.93. The lowest BCUT2D eigenvalue weighted by molar-refractivity contribution is -0.136.